The minimum atomic E-state index is 0.634. The van der Waals surface area contributed by atoms with Crippen molar-refractivity contribution < 1.29 is 0 Å². The van der Waals surface area contributed by atoms with Crippen LogP contribution in [0.2, 0.25) is 0 Å². The zero-order valence-electron chi connectivity index (χ0n) is 14.8. The standard InChI is InChI=1S/C12H16.C11H14/c1-3-4-8-11(2)12-9-6-5-7-10-12;1-10(2)8-9-11-6-4-3-5-7-11/h5-7,9-10H,2-4,8H2,1H3;3-10H,1-2H3. The van der Waals surface area contributed by atoms with E-state index in [9.17, 15) is 0 Å². The van der Waals surface area contributed by atoms with Crippen molar-refractivity contribution in [3.63, 3.8) is 0 Å². The first kappa shape index (κ1) is 19.0. The zero-order valence-corrected chi connectivity index (χ0v) is 14.8. The Balaban J connectivity index is 0.000000231. The van der Waals surface area contributed by atoms with Gasteiger partial charge in [0.25, 0.3) is 0 Å². The van der Waals surface area contributed by atoms with Crippen molar-refractivity contribution in [1.82, 2.24) is 0 Å². The molecule has 23 heavy (non-hydrogen) atoms. The molecule has 2 aromatic carbocycles. The molecule has 0 amide bonds. The van der Waals surface area contributed by atoms with E-state index in [0.29, 0.717) is 5.92 Å². The Morgan fingerprint density at radius 2 is 1.52 bits per heavy atom. The first-order valence-corrected chi connectivity index (χ1v) is 8.60. The third-order valence-corrected chi connectivity index (χ3v) is 3.49. The predicted molar refractivity (Wildman–Crippen MR) is 105 cm³/mol. The lowest BCUT2D eigenvalue weighted by molar-refractivity contribution is 0.825. The summed E-state index contributed by atoms with van der Waals surface area (Å²) in [7, 11) is 0. The molecule has 0 heteroatoms. The van der Waals surface area contributed by atoms with Crippen molar-refractivity contribution in [2.24, 2.45) is 5.92 Å². The normalized spacial score (nSPS) is 10.4. The molecule has 0 radical (unpaired) electrons. The van der Waals surface area contributed by atoms with Gasteiger partial charge in [0, 0.05) is 0 Å². The van der Waals surface area contributed by atoms with Gasteiger partial charge in [0.15, 0.2) is 0 Å². The van der Waals surface area contributed by atoms with E-state index >= 15 is 0 Å². The first-order chi connectivity index (χ1) is 11.1. The molecule has 0 aliphatic heterocycles. The minimum absolute atomic E-state index is 0.634. The lowest BCUT2D eigenvalue weighted by Crippen LogP contribution is -1.81. The smallest absolute Gasteiger partial charge is 0.0230 e. The van der Waals surface area contributed by atoms with Gasteiger partial charge in [-0.3, -0.25) is 0 Å². The molecule has 0 saturated carbocycles. The summed E-state index contributed by atoms with van der Waals surface area (Å²) in [6.07, 6.45) is 7.97. The molecule has 0 bridgehead atoms. The molecule has 0 atom stereocenters. The summed E-state index contributed by atoms with van der Waals surface area (Å²) in [6, 6.07) is 20.8. The topological polar surface area (TPSA) is 0 Å². The largest absolute Gasteiger partial charge is 0.0952 e. The van der Waals surface area contributed by atoms with E-state index in [-0.39, 0.29) is 0 Å². The Morgan fingerprint density at radius 3 is 2.04 bits per heavy atom. The molecule has 0 aromatic heterocycles. The lowest BCUT2D eigenvalue weighted by atomic mass is 10.0. The average Bonchev–Trinajstić information content (AvgIpc) is 2.60. The second kappa shape index (κ2) is 11.5. The van der Waals surface area contributed by atoms with Gasteiger partial charge >= 0.3 is 0 Å². The van der Waals surface area contributed by atoms with E-state index in [1.807, 2.05) is 12.1 Å². The van der Waals surface area contributed by atoms with Crippen LogP contribution in [0.25, 0.3) is 11.6 Å². The van der Waals surface area contributed by atoms with Gasteiger partial charge in [-0.15, -0.1) is 0 Å². The van der Waals surface area contributed by atoms with E-state index in [1.54, 1.807) is 0 Å². The molecule has 122 valence electrons. The van der Waals surface area contributed by atoms with Crippen molar-refractivity contribution in [1.29, 1.82) is 0 Å². The monoisotopic (exact) mass is 306 g/mol. The fourth-order valence-electron chi connectivity index (χ4n) is 2.08. The number of allylic oxidation sites excluding steroid dienone is 2. The SMILES string of the molecule is C=C(CCCC)c1ccccc1.CC(C)C=Cc1ccccc1. The Bertz CT molecular complexity index is 562. The lowest BCUT2D eigenvalue weighted by Gasteiger charge is -2.03. The molecule has 0 spiro atoms. The van der Waals surface area contributed by atoms with Gasteiger partial charge in [0.05, 0.1) is 0 Å². The summed E-state index contributed by atoms with van der Waals surface area (Å²) in [5.41, 5.74) is 3.82. The Morgan fingerprint density at radius 1 is 0.957 bits per heavy atom. The summed E-state index contributed by atoms with van der Waals surface area (Å²) in [4.78, 5) is 0. The molecule has 0 N–H and O–H groups in total. The number of rotatable bonds is 6. The Kier molecular flexibility index (Phi) is 9.47. The molecule has 0 unspecified atom stereocenters. The zero-order chi connectivity index (χ0) is 16.9. The van der Waals surface area contributed by atoms with E-state index in [0.717, 1.165) is 6.42 Å². The summed E-state index contributed by atoms with van der Waals surface area (Å²) >= 11 is 0. The van der Waals surface area contributed by atoms with E-state index < -0.39 is 0 Å². The third-order valence-electron chi connectivity index (χ3n) is 3.49. The van der Waals surface area contributed by atoms with Crippen LogP contribution in [0.5, 0.6) is 0 Å². The van der Waals surface area contributed by atoms with Crippen LogP contribution in [0.3, 0.4) is 0 Å². The number of hydrogen-bond acceptors (Lipinski definition) is 0. The van der Waals surface area contributed by atoms with Gasteiger partial charge in [-0.05, 0) is 35.5 Å². The highest BCUT2D eigenvalue weighted by Gasteiger charge is 1.95. The van der Waals surface area contributed by atoms with Crippen molar-refractivity contribution in [2.45, 2.75) is 40.0 Å². The second-order valence-electron chi connectivity index (χ2n) is 6.09. The van der Waals surface area contributed by atoms with Gasteiger partial charge in [-0.1, -0.05) is 107 Å². The Labute approximate surface area is 142 Å². The molecule has 2 rings (SSSR count). The molecular weight excluding hydrogens is 276 g/mol. The second-order valence-corrected chi connectivity index (χ2v) is 6.09. The van der Waals surface area contributed by atoms with Crippen LogP contribution in [0, 0.1) is 5.92 Å². The highest BCUT2D eigenvalue weighted by atomic mass is 14.0. The minimum Gasteiger partial charge on any atom is -0.0952 e. The first-order valence-electron chi connectivity index (χ1n) is 8.60. The molecule has 0 aliphatic rings. The van der Waals surface area contributed by atoms with Crippen molar-refractivity contribution in [3.05, 3.63) is 84.4 Å². The van der Waals surface area contributed by atoms with Crippen LogP contribution in [-0.4, -0.2) is 0 Å². The number of benzene rings is 2. The predicted octanol–water partition coefficient (Wildman–Crippen LogP) is 7.25. The van der Waals surface area contributed by atoms with Gasteiger partial charge in [-0.25, -0.2) is 0 Å². The fourth-order valence-corrected chi connectivity index (χ4v) is 2.08. The van der Waals surface area contributed by atoms with E-state index in [1.165, 1.54) is 29.5 Å². The maximum absolute atomic E-state index is 4.06. The van der Waals surface area contributed by atoms with Crippen molar-refractivity contribution >= 4 is 11.6 Å². The quantitative estimate of drug-likeness (QED) is 0.527. The van der Waals surface area contributed by atoms with Crippen molar-refractivity contribution in [2.75, 3.05) is 0 Å². The molecule has 0 aliphatic carbocycles. The number of hydrogen-bond donors (Lipinski definition) is 0. The molecular formula is C23H30. The summed E-state index contributed by atoms with van der Waals surface area (Å²) in [5, 5.41) is 0. The molecule has 0 heterocycles. The highest BCUT2D eigenvalue weighted by molar-refractivity contribution is 5.62. The van der Waals surface area contributed by atoms with E-state index in [4.69, 9.17) is 0 Å². The third kappa shape index (κ3) is 8.83. The summed E-state index contributed by atoms with van der Waals surface area (Å²) < 4.78 is 0. The Hall–Kier alpha value is -2.08. The average molecular weight is 306 g/mol. The van der Waals surface area contributed by atoms with Gasteiger partial charge in [0.1, 0.15) is 0 Å². The van der Waals surface area contributed by atoms with E-state index in [2.05, 4.69) is 88.0 Å². The maximum atomic E-state index is 4.06. The van der Waals surface area contributed by atoms with Crippen LogP contribution in [0.1, 0.15) is 51.2 Å². The molecule has 0 fully saturated rings. The van der Waals surface area contributed by atoms with Crippen LogP contribution in [-0.2, 0) is 0 Å². The fraction of sp³-hybridized carbons (Fsp3) is 0.304. The molecule has 2 aromatic rings. The molecule has 0 saturated heterocycles. The van der Waals surface area contributed by atoms with Crippen LogP contribution in [0.4, 0.5) is 0 Å². The van der Waals surface area contributed by atoms with Gasteiger partial charge < -0.3 is 0 Å². The van der Waals surface area contributed by atoms with Crippen LogP contribution < -0.4 is 0 Å². The summed E-state index contributed by atoms with van der Waals surface area (Å²) in [5.74, 6) is 0.634. The van der Waals surface area contributed by atoms with Crippen LogP contribution >= 0.6 is 0 Å². The van der Waals surface area contributed by atoms with Crippen molar-refractivity contribution in [3.8, 4) is 0 Å². The molecule has 0 nitrogen and oxygen atoms in total. The highest BCUT2D eigenvalue weighted by Crippen LogP contribution is 2.17. The number of unbranched alkanes of at least 4 members (excludes halogenated alkanes) is 1. The van der Waals surface area contributed by atoms with Gasteiger partial charge in [-0.2, -0.15) is 0 Å². The summed E-state index contributed by atoms with van der Waals surface area (Å²) in [6.45, 7) is 10.6. The van der Waals surface area contributed by atoms with Gasteiger partial charge in [0.2, 0.25) is 0 Å². The van der Waals surface area contributed by atoms with Crippen LogP contribution in [0.15, 0.2) is 73.3 Å². The maximum Gasteiger partial charge on any atom is -0.0230 e.